The number of nitrogens with one attached hydrogen (secondary N) is 1. The van der Waals surface area contributed by atoms with Crippen molar-refractivity contribution >= 4 is 6.21 Å². The molecule has 7 nitrogen and oxygen atoms in total. The van der Waals surface area contributed by atoms with Crippen LogP contribution in [0.1, 0.15) is 22.7 Å². The maximum absolute atomic E-state index is 14.0. The van der Waals surface area contributed by atoms with Crippen molar-refractivity contribution in [2.24, 2.45) is 5.10 Å². The van der Waals surface area contributed by atoms with Crippen molar-refractivity contribution < 1.29 is 8.91 Å². The molecule has 0 unspecified atom stereocenters. The maximum Gasteiger partial charge on any atom is 0.158 e. The number of nitrogens with zero attached hydrogens (tertiary/aromatic N) is 5. The average molecular weight is 398 g/mol. The molecule has 0 atom stereocenters. The van der Waals surface area contributed by atoms with Crippen LogP contribution in [0.25, 0.3) is 22.6 Å². The molecule has 0 amide bonds. The van der Waals surface area contributed by atoms with Crippen LogP contribution in [-0.2, 0) is 13.1 Å². The summed E-state index contributed by atoms with van der Waals surface area (Å²) in [5.41, 5.74) is 4.13. The standard InChI is InChI=1S/C22H15FN6O/c23-18-4-2-1-3-17(18)22-26-20-11-25-29(13-21(20)27-22)12-16-9-19(28-30-16)15-7-5-14(10-24)6-8-15/h1-9,11H,12-13H2,(H,26,27). The molecule has 1 aliphatic rings. The summed E-state index contributed by atoms with van der Waals surface area (Å²) in [5.74, 6) is 0.809. The molecular formula is C22H15FN6O. The molecule has 146 valence electrons. The summed E-state index contributed by atoms with van der Waals surface area (Å²) < 4.78 is 19.5. The van der Waals surface area contributed by atoms with Crippen LogP contribution in [0, 0.1) is 17.1 Å². The molecule has 0 saturated carbocycles. The first kappa shape index (κ1) is 17.8. The second kappa shape index (κ2) is 7.29. The average Bonchev–Trinajstić information content (AvgIpc) is 3.41. The zero-order valence-electron chi connectivity index (χ0n) is 15.7. The van der Waals surface area contributed by atoms with Gasteiger partial charge in [-0.25, -0.2) is 9.37 Å². The van der Waals surface area contributed by atoms with E-state index in [0.29, 0.717) is 41.5 Å². The van der Waals surface area contributed by atoms with E-state index in [2.05, 4.69) is 26.3 Å². The fourth-order valence-electron chi connectivity index (χ4n) is 3.30. The van der Waals surface area contributed by atoms with Gasteiger partial charge in [-0.2, -0.15) is 10.4 Å². The van der Waals surface area contributed by atoms with Gasteiger partial charge in [0, 0.05) is 11.6 Å². The SMILES string of the molecule is N#Cc1ccc(-c2cc(CN3Cc4nc(-c5ccccc5F)[nH]c4C=N3)on2)cc1. The Morgan fingerprint density at radius 2 is 2.00 bits per heavy atom. The number of fused-ring (bicyclic) bond motifs is 1. The fourth-order valence-corrected chi connectivity index (χ4v) is 3.30. The van der Waals surface area contributed by atoms with Gasteiger partial charge in [-0.1, -0.05) is 29.4 Å². The molecule has 1 aliphatic heterocycles. The lowest BCUT2D eigenvalue weighted by Crippen LogP contribution is -2.21. The lowest BCUT2D eigenvalue weighted by molar-refractivity contribution is 0.229. The maximum atomic E-state index is 14.0. The minimum atomic E-state index is -0.325. The molecular weight excluding hydrogens is 383 g/mol. The number of hydrazone groups is 1. The number of hydrogen-bond acceptors (Lipinski definition) is 6. The molecule has 0 spiro atoms. The molecule has 1 N–H and O–H groups in total. The molecule has 0 bridgehead atoms. The highest BCUT2D eigenvalue weighted by Gasteiger charge is 2.20. The molecule has 2 aromatic heterocycles. The summed E-state index contributed by atoms with van der Waals surface area (Å²) in [6, 6.07) is 17.6. The fraction of sp³-hybridized carbons (Fsp3) is 0.0909. The highest BCUT2D eigenvalue weighted by atomic mass is 19.1. The third-order valence-electron chi connectivity index (χ3n) is 4.83. The monoisotopic (exact) mass is 398 g/mol. The quantitative estimate of drug-likeness (QED) is 0.559. The predicted molar refractivity (Wildman–Crippen MR) is 107 cm³/mol. The van der Waals surface area contributed by atoms with Gasteiger partial charge in [-0.3, -0.25) is 5.01 Å². The number of benzene rings is 2. The first-order valence-electron chi connectivity index (χ1n) is 9.28. The van der Waals surface area contributed by atoms with Crippen molar-refractivity contribution in [1.29, 1.82) is 5.26 Å². The van der Waals surface area contributed by atoms with E-state index in [1.54, 1.807) is 41.6 Å². The molecule has 0 aliphatic carbocycles. The van der Waals surface area contributed by atoms with Gasteiger partial charge in [-0.05, 0) is 24.3 Å². The van der Waals surface area contributed by atoms with Crippen LogP contribution in [0.4, 0.5) is 4.39 Å². The van der Waals surface area contributed by atoms with Crippen molar-refractivity contribution in [3.8, 4) is 28.7 Å². The minimum Gasteiger partial charge on any atom is -0.359 e. The topological polar surface area (TPSA) is 94.1 Å². The van der Waals surface area contributed by atoms with E-state index in [4.69, 9.17) is 9.78 Å². The van der Waals surface area contributed by atoms with Gasteiger partial charge in [0.1, 0.15) is 17.3 Å². The number of rotatable bonds is 4. The molecule has 8 heteroatoms. The van der Waals surface area contributed by atoms with Gasteiger partial charge in [0.25, 0.3) is 0 Å². The Labute approximate surface area is 171 Å². The lowest BCUT2D eigenvalue weighted by atomic mass is 10.1. The third kappa shape index (κ3) is 3.33. The Morgan fingerprint density at radius 3 is 2.80 bits per heavy atom. The Kier molecular flexibility index (Phi) is 4.33. The summed E-state index contributed by atoms with van der Waals surface area (Å²) in [6.45, 7) is 0.880. The van der Waals surface area contributed by atoms with Gasteiger partial charge in [0.15, 0.2) is 5.76 Å². The largest absolute Gasteiger partial charge is 0.359 e. The molecule has 4 aromatic rings. The van der Waals surface area contributed by atoms with E-state index >= 15 is 0 Å². The van der Waals surface area contributed by atoms with Gasteiger partial charge in [0.05, 0.1) is 47.9 Å². The van der Waals surface area contributed by atoms with Crippen LogP contribution in [0.15, 0.2) is 64.2 Å². The van der Waals surface area contributed by atoms with Gasteiger partial charge in [0.2, 0.25) is 0 Å². The summed E-state index contributed by atoms with van der Waals surface area (Å²) in [4.78, 5) is 7.67. The zero-order valence-corrected chi connectivity index (χ0v) is 15.7. The molecule has 0 radical (unpaired) electrons. The molecule has 5 rings (SSSR count). The van der Waals surface area contributed by atoms with Crippen LogP contribution >= 0.6 is 0 Å². The van der Waals surface area contributed by atoms with Gasteiger partial charge >= 0.3 is 0 Å². The summed E-state index contributed by atoms with van der Waals surface area (Å²) in [7, 11) is 0. The molecule has 0 fully saturated rings. The van der Waals surface area contributed by atoms with Crippen molar-refractivity contribution in [3.05, 3.63) is 83.1 Å². The first-order chi connectivity index (χ1) is 14.7. The highest BCUT2D eigenvalue weighted by molar-refractivity contribution is 5.80. The molecule has 2 aromatic carbocycles. The summed E-state index contributed by atoms with van der Waals surface area (Å²) in [5, 5.41) is 19.2. The number of nitriles is 1. The van der Waals surface area contributed by atoms with Crippen LogP contribution in [0.2, 0.25) is 0 Å². The summed E-state index contributed by atoms with van der Waals surface area (Å²) >= 11 is 0. The second-order valence-electron chi connectivity index (χ2n) is 6.86. The van der Waals surface area contributed by atoms with E-state index in [-0.39, 0.29) is 5.82 Å². The number of halogens is 1. The van der Waals surface area contributed by atoms with Crippen molar-refractivity contribution in [3.63, 3.8) is 0 Å². The van der Waals surface area contributed by atoms with Gasteiger partial charge < -0.3 is 9.51 Å². The number of H-pyrrole nitrogens is 1. The number of aromatic amines is 1. The Morgan fingerprint density at radius 1 is 1.17 bits per heavy atom. The Bertz CT molecular complexity index is 1280. The van der Waals surface area contributed by atoms with Crippen molar-refractivity contribution in [2.75, 3.05) is 0 Å². The number of aromatic nitrogens is 3. The molecule has 3 heterocycles. The number of hydrogen-bond donors (Lipinski definition) is 1. The predicted octanol–water partition coefficient (Wildman–Crippen LogP) is 4.09. The van der Waals surface area contributed by atoms with E-state index in [0.717, 1.165) is 17.0 Å². The molecule has 0 saturated heterocycles. The van der Waals surface area contributed by atoms with Crippen LogP contribution in [-0.4, -0.2) is 26.3 Å². The van der Waals surface area contributed by atoms with Gasteiger partial charge in [-0.15, -0.1) is 0 Å². The lowest BCUT2D eigenvalue weighted by Gasteiger charge is -2.19. The van der Waals surface area contributed by atoms with Crippen LogP contribution in [0.5, 0.6) is 0 Å². The van der Waals surface area contributed by atoms with Crippen LogP contribution in [0.3, 0.4) is 0 Å². The van der Waals surface area contributed by atoms with E-state index < -0.39 is 0 Å². The highest BCUT2D eigenvalue weighted by Crippen LogP contribution is 2.25. The summed E-state index contributed by atoms with van der Waals surface area (Å²) in [6.07, 6.45) is 1.67. The Balaban J connectivity index is 1.31. The number of imidazole rings is 1. The van der Waals surface area contributed by atoms with E-state index in [1.807, 2.05) is 18.2 Å². The van der Waals surface area contributed by atoms with E-state index in [9.17, 15) is 4.39 Å². The Hall–Kier alpha value is -4.25. The third-order valence-corrected chi connectivity index (χ3v) is 4.83. The van der Waals surface area contributed by atoms with Crippen molar-refractivity contribution in [2.45, 2.75) is 13.1 Å². The van der Waals surface area contributed by atoms with E-state index in [1.165, 1.54) is 6.07 Å². The normalized spacial score (nSPS) is 12.6. The smallest absolute Gasteiger partial charge is 0.158 e. The zero-order chi connectivity index (χ0) is 20.5. The minimum absolute atomic E-state index is 0.325. The molecule has 30 heavy (non-hydrogen) atoms. The van der Waals surface area contributed by atoms with Crippen LogP contribution < -0.4 is 0 Å². The van der Waals surface area contributed by atoms with Crippen molar-refractivity contribution in [1.82, 2.24) is 20.1 Å². The first-order valence-corrected chi connectivity index (χ1v) is 9.28. The second-order valence-corrected chi connectivity index (χ2v) is 6.86.